The molecule has 1 heterocycles. The van der Waals surface area contributed by atoms with Crippen LogP contribution in [-0.2, 0) is 6.42 Å². The highest BCUT2D eigenvalue weighted by atomic mass is 16.5. The van der Waals surface area contributed by atoms with E-state index >= 15 is 0 Å². The van der Waals surface area contributed by atoms with E-state index in [1.807, 2.05) is 32.9 Å². The smallest absolute Gasteiger partial charge is 0.145 e. The maximum Gasteiger partial charge on any atom is 0.145 e. The number of benzene rings is 1. The number of hydrazine groups is 1. The molecule has 5 heteroatoms. The minimum absolute atomic E-state index is 0.585. The van der Waals surface area contributed by atoms with Crippen LogP contribution in [0.5, 0.6) is 11.5 Å². The summed E-state index contributed by atoms with van der Waals surface area (Å²) in [5, 5.41) is 0.875. The Kier molecular flexibility index (Phi) is 4.85. The molecule has 0 amide bonds. The predicted octanol–water partition coefficient (Wildman–Crippen LogP) is 3.19. The van der Waals surface area contributed by atoms with E-state index in [-0.39, 0.29) is 0 Å². The molecular weight excluding hydrogens is 266 g/mol. The first-order valence-electron chi connectivity index (χ1n) is 7.36. The van der Waals surface area contributed by atoms with E-state index in [0.717, 1.165) is 45.8 Å². The minimum atomic E-state index is 0.585. The zero-order chi connectivity index (χ0) is 15.4. The fraction of sp³-hybridized carbons (Fsp3) is 0.438. The second-order valence-corrected chi connectivity index (χ2v) is 4.71. The molecule has 0 spiro atoms. The molecule has 0 atom stereocenters. The quantitative estimate of drug-likeness (QED) is 0.631. The molecule has 0 aliphatic rings. The first kappa shape index (κ1) is 15.4. The topological polar surface area (TPSA) is 69.4 Å². The molecule has 0 aliphatic carbocycles. The molecule has 1 aromatic carbocycles. The van der Waals surface area contributed by atoms with Gasteiger partial charge in [-0.3, -0.25) is 5.84 Å². The van der Waals surface area contributed by atoms with E-state index in [9.17, 15) is 0 Å². The third-order valence-corrected chi connectivity index (χ3v) is 3.49. The van der Waals surface area contributed by atoms with Crippen molar-refractivity contribution in [1.82, 2.24) is 4.98 Å². The van der Waals surface area contributed by atoms with Gasteiger partial charge in [-0.05, 0) is 44.9 Å². The Balaban J connectivity index is 2.85. The number of nitrogens with one attached hydrogen (secondary N) is 1. The van der Waals surface area contributed by atoms with Gasteiger partial charge < -0.3 is 14.9 Å². The van der Waals surface area contributed by atoms with Gasteiger partial charge in [0.2, 0.25) is 0 Å². The van der Waals surface area contributed by atoms with Gasteiger partial charge in [-0.2, -0.15) is 0 Å². The fourth-order valence-corrected chi connectivity index (χ4v) is 2.53. The van der Waals surface area contributed by atoms with Gasteiger partial charge in [0.25, 0.3) is 0 Å². The van der Waals surface area contributed by atoms with Gasteiger partial charge in [-0.15, -0.1) is 0 Å². The van der Waals surface area contributed by atoms with Gasteiger partial charge in [0, 0.05) is 5.69 Å². The molecule has 3 N–H and O–H groups in total. The Morgan fingerprint density at radius 1 is 1.10 bits per heavy atom. The van der Waals surface area contributed by atoms with Gasteiger partial charge in [0.1, 0.15) is 17.0 Å². The summed E-state index contributed by atoms with van der Waals surface area (Å²) in [5.74, 6) is 7.27. The van der Waals surface area contributed by atoms with Crippen molar-refractivity contribution >= 4 is 16.6 Å². The molecule has 2 rings (SSSR count). The molecule has 0 fully saturated rings. The average molecular weight is 289 g/mol. The van der Waals surface area contributed by atoms with Crippen LogP contribution in [0.4, 0.5) is 5.69 Å². The van der Waals surface area contributed by atoms with Crippen molar-refractivity contribution in [3.63, 3.8) is 0 Å². The standard InChI is InChI=1S/C16H23N3O2/c1-5-11-10(4)15(19-17)14-12(20-6-2)8-9-13(21-7-3)16(14)18-11/h8-9H,5-7,17H2,1-4H3,(H,18,19). The van der Waals surface area contributed by atoms with E-state index < -0.39 is 0 Å². The van der Waals surface area contributed by atoms with Crippen molar-refractivity contribution < 1.29 is 9.47 Å². The van der Waals surface area contributed by atoms with E-state index in [1.54, 1.807) is 0 Å². The molecule has 0 saturated carbocycles. The Hall–Kier alpha value is -2.01. The Bertz CT molecular complexity index is 641. The SMILES string of the molecule is CCOc1ccc(OCC)c2c(NN)c(C)c(CC)nc12. The van der Waals surface area contributed by atoms with Crippen LogP contribution in [0.15, 0.2) is 12.1 Å². The average Bonchev–Trinajstić information content (AvgIpc) is 2.49. The van der Waals surface area contributed by atoms with E-state index in [1.165, 1.54) is 0 Å². The molecule has 1 aromatic heterocycles. The maximum atomic E-state index is 5.76. The lowest BCUT2D eigenvalue weighted by atomic mass is 10.0. The summed E-state index contributed by atoms with van der Waals surface area (Å²) >= 11 is 0. The summed E-state index contributed by atoms with van der Waals surface area (Å²) in [6.45, 7) is 9.18. The predicted molar refractivity (Wildman–Crippen MR) is 86.0 cm³/mol. The zero-order valence-corrected chi connectivity index (χ0v) is 13.1. The summed E-state index contributed by atoms with van der Waals surface area (Å²) in [5.41, 5.74) is 6.49. The number of aromatic nitrogens is 1. The second kappa shape index (κ2) is 6.63. The van der Waals surface area contributed by atoms with Gasteiger partial charge >= 0.3 is 0 Å². The van der Waals surface area contributed by atoms with E-state index in [2.05, 4.69) is 12.3 Å². The number of nitrogen functional groups attached to an aromatic ring is 1. The summed E-state index contributed by atoms with van der Waals surface area (Å²) in [4.78, 5) is 4.76. The molecule has 5 nitrogen and oxygen atoms in total. The highest BCUT2D eigenvalue weighted by Gasteiger charge is 2.17. The van der Waals surface area contributed by atoms with E-state index in [0.29, 0.717) is 13.2 Å². The Labute approximate surface area is 125 Å². The minimum Gasteiger partial charge on any atom is -0.493 e. The first-order valence-corrected chi connectivity index (χ1v) is 7.36. The first-order chi connectivity index (χ1) is 10.2. The largest absolute Gasteiger partial charge is 0.493 e. The third kappa shape index (κ3) is 2.74. The number of pyridine rings is 1. The van der Waals surface area contributed by atoms with Crippen LogP contribution in [-0.4, -0.2) is 18.2 Å². The number of fused-ring (bicyclic) bond motifs is 1. The second-order valence-electron chi connectivity index (χ2n) is 4.71. The summed E-state index contributed by atoms with van der Waals surface area (Å²) < 4.78 is 11.4. The number of nitrogens with two attached hydrogens (primary N) is 1. The van der Waals surface area contributed by atoms with Crippen LogP contribution < -0.4 is 20.7 Å². The van der Waals surface area contributed by atoms with Crippen molar-refractivity contribution in [3.05, 3.63) is 23.4 Å². The molecular formula is C16H23N3O2. The number of aryl methyl sites for hydroxylation is 1. The molecule has 0 saturated heterocycles. The number of hydrogen-bond donors (Lipinski definition) is 2. The Morgan fingerprint density at radius 2 is 1.71 bits per heavy atom. The normalized spacial score (nSPS) is 10.7. The van der Waals surface area contributed by atoms with Gasteiger partial charge in [0.15, 0.2) is 0 Å². The van der Waals surface area contributed by atoms with Crippen LogP contribution in [0.25, 0.3) is 10.9 Å². The molecule has 0 unspecified atom stereocenters. The molecule has 0 radical (unpaired) electrons. The van der Waals surface area contributed by atoms with E-state index in [4.69, 9.17) is 20.3 Å². The lowest BCUT2D eigenvalue weighted by Crippen LogP contribution is -2.12. The lowest BCUT2D eigenvalue weighted by molar-refractivity contribution is 0.336. The van der Waals surface area contributed by atoms with Crippen LogP contribution in [0.2, 0.25) is 0 Å². The van der Waals surface area contributed by atoms with Gasteiger partial charge in [-0.25, -0.2) is 4.98 Å². The van der Waals surface area contributed by atoms with Crippen LogP contribution in [0, 0.1) is 6.92 Å². The van der Waals surface area contributed by atoms with Crippen molar-refractivity contribution in [2.75, 3.05) is 18.6 Å². The maximum absolute atomic E-state index is 5.76. The third-order valence-electron chi connectivity index (χ3n) is 3.49. The van der Waals surface area contributed by atoms with Crippen LogP contribution >= 0.6 is 0 Å². The fourth-order valence-electron chi connectivity index (χ4n) is 2.53. The molecule has 114 valence electrons. The number of ether oxygens (including phenoxy) is 2. The number of anilines is 1. The van der Waals surface area contributed by atoms with Crippen molar-refractivity contribution in [3.8, 4) is 11.5 Å². The highest BCUT2D eigenvalue weighted by molar-refractivity contribution is 6.01. The number of rotatable bonds is 6. The number of nitrogens with zero attached hydrogens (tertiary/aromatic N) is 1. The monoisotopic (exact) mass is 289 g/mol. The Morgan fingerprint density at radius 3 is 2.29 bits per heavy atom. The van der Waals surface area contributed by atoms with Crippen molar-refractivity contribution in [2.24, 2.45) is 5.84 Å². The van der Waals surface area contributed by atoms with Crippen molar-refractivity contribution in [1.29, 1.82) is 0 Å². The van der Waals surface area contributed by atoms with Gasteiger partial charge in [0.05, 0.1) is 24.3 Å². The highest BCUT2D eigenvalue weighted by Crippen LogP contribution is 2.39. The molecule has 21 heavy (non-hydrogen) atoms. The molecule has 2 aromatic rings. The summed E-state index contributed by atoms with van der Waals surface area (Å²) in [7, 11) is 0. The van der Waals surface area contributed by atoms with Crippen LogP contribution in [0.1, 0.15) is 32.0 Å². The molecule has 0 aliphatic heterocycles. The molecule has 0 bridgehead atoms. The van der Waals surface area contributed by atoms with Crippen LogP contribution in [0.3, 0.4) is 0 Å². The summed E-state index contributed by atoms with van der Waals surface area (Å²) in [6.07, 6.45) is 0.834. The van der Waals surface area contributed by atoms with Gasteiger partial charge in [-0.1, -0.05) is 6.92 Å². The van der Waals surface area contributed by atoms with Crippen molar-refractivity contribution in [2.45, 2.75) is 34.1 Å². The zero-order valence-electron chi connectivity index (χ0n) is 13.1. The lowest BCUT2D eigenvalue weighted by Gasteiger charge is -2.18. The summed E-state index contributed by atoms with van der Waals surface area (Å²) in [6, 6.07) is 3.81. The number of hydrogen-bond acceptors (Lipinski definition) is 5.